The lowest BCUT2D eigenvalue weighted by molar-refractivity contribution is 0.0948. The van der Waals surface area contributed by atoms with Crippen molar-refractivity contribution in [1.29, 1.82) is 0 Å². The Kier molecular flexibility index (Phi) is 5.46. The van der Waals surface area contributed by atoms with Gasteiger partial charge in [0, 0.05) is 12.2 Å². The summed E-state index contributed by atoms with van der Waals surface area (Å²) in [4.78, 5) is 17.4. The molecular weight excluding hydrogens is 350 g/mol. The molecule has 1 saturated carbocycles. The van der Waals surface area contributed by atoms with Crippen LogP contribution in [0, 0.1) is 6.92 Å². The van der Waals surface area contributed by atoms with Crippen LogP contribution in [-0.4, -0.2) is 25.7 Å². The molecule has 0 atom stereocenters. The zero-order chi connectivity index (χ0) is 19.3. The van der Waals surface area contributed by atoms with E-state index in [1.807, 2.05) is 43.3 Å². The number of aryl methyl sites for hydroxylation is 1. The van der Waals surface area contributed by atoms with Crippen LogP contribution in [0.2, 0.25) is 0 Å². The van der Waals surface area contributed by atoms with Crippen LogP contribution in [0.5, 0.6) is 0 Å². The van der Waals surface area contributed by atoms with Gasteiger partial charge in [-0.1, -0.05) is 49.6 Å². The Labute approximate surface area is 165 Å². The van der Waals surface area contributed by atoms with Gasteiger partial charge in [-0.3, -0.25) is 9.78 Å². The number of benzene rings is 1. The number of carbonyl (C=O) groups is 1. The van der Waals surface area contributed by atoms with Crippen LogP contribution < -0.4 is 5.32 Å². The van der Waals surface area contributed by atoms with Crippen molar-refractivity contribution in [2.75, 3.05) is 0 Å². The lowest BCUT2D eigenvalue weighted by atomic mass is 9.95. The first-order valence-electron chi connectivity index (χ1n) is 9.91. The zero-order valence-corrected chi connectivity index (χ0v) is 16.1. The standard InChI is InChI=1S/C22H25N5O/c1-16-21(19(12-13-23-16)17-8-4-2-5-9-17)22(28)24-14-20-26-25-15-27(20)18-10-6-3-7-11-18/h2,4-5,8-9,12-13,15,18H,3,6-7,10-11,14H2,1H3,(H,24,28). The Morgan fingerprint density at radius 3 is 2.71 bits per heavy atom. The minimum Gasteiger partial charge on any atom is -0.345 e. The molecule has 3 aromatic rings. The highest BCUT2D eigenvalue weighted by atomic mass is 16.1. The number of carbonyl (C=O) groups excluding carboxylic acids is 1. The summed E-state index contributed by atoms with van der Waals surface area (Å²) in [6, 6.07) is 12.3. The lowest BCUT2D eigenvalue weighted by Crippen LogP contribution is -2.27. The Balaban J connectivity index is 1.54. The van der Waals surface area contributed by atoms with E-state index in [2.05, 4.69) is 25.1 Å². The Morgan fingerprint density at radius 2 is 1.93 bits per heavy atom. The fourth-order valence-electron chi connectivity index (χ4n) is 4.02. The van der Waals surface area contributed by atoms with E-state index in [9.17, 15) is 4.79 Å². The van der Waals surface area contributed by atoms with Crippen LogP contribution >= 0.6 is 0 Å². The molecule has 2 heterocycles. The summed E-state index contributed by atoms with van der Waals surface area (Å²) in [6.45, 7) is 2.23. The Bertz CT molecular complexity index is 945. The maximum atomic E-state index is 13.0. The van der Waals surface area contributed by atoms with Gasteiger partial charge in [-0.15, -0.1) is 10.2 Å². The minimum absolute atomic E-state index is 0.136. The maximum Gasteiger partial charge on any atom is 0.254 e. The summed E-state index contributed by atoms with van der Waals surface area (Å²) in [5, 5.41) is 11.4. The predicted molar refractivity (Wildman–Crippen MR) is 108 cm³/mol. The summed E-state index contributed by atoms with van der Waals surface area (Å²) in [5.74, 6) is 0.672. The molecule has 1 aliphatic carbocycles. The number of hydrogen-bond donors (Lipinski definition) is 1. The van der Waals surface area contributed by atoms with Crippen LogP contribution in [0.1, 0.15) is 60.0 Å². The predicted octanol–water partition coefficient (Wildman–Crippen LogP) is 4.08. The Hall–Kier alpha value is -3.02. The van der Waals surface area contributed by atoms with Gasteiger partial charge in [-0.25, -0.2) is 0 Å². The molecule has 4 rings (SSSR count). The van der Waals surface area contributed by atoms with Gasteiger partial charge in [0.15, 0.2) is 5.82 Å². The van der Waals surface area contributed by atoms with Crippen LogP contribution in [0.4, 0.5) is 0 Å². The average molecular weight is 375 g/mol. The summed E-state index contributed by atoms with van der Waals surface area (Å²) < 4.78 is 2.13. The third-order valence-corrected chi connectivity index (χ3v) is 5.47. The van der Waals surface area contributed by atoms with E-state index in [0.29, 0.717) is 23.8 Å². The maximum absolute atomic E-state index is 13.0. The van der Waals surface area contributed by atoms with E-state index >= 15 is 0 Å². The normalized spacial score (nSPS) is 14.8. The molecule has 0 aliphatic heterocycles. The van der Waals surface area contributed by atoms with Crippen LogP contribution in [-0.2, 0) is 6.54 Å². The van der Waals surface area contributed by atoms with E-state index in [4.69, 9.17) is 0 Å². The van der Waals surface area contributed by atoms with Crippen LogP contribution in [0.25, 0.3) is 11.1 Å². The van der Waals surface area contributed by atoms with E-state index in [1.54, 1.807) is 12.5 Å². The fourth-order valence-corrected chi connectivity index (χ4v) is 4.02. The molecule has 0 unspecified atom stereocenters. The molecule has 0 spiro atoms. The number of hydrogen-bond acceptors (Lipinski definition) is 4. The largest absolute Gasteiger partial charge is 0.345 e. The van der Waals surface area contributed by atoms with Gasteiger partial charge in [-0.05, 0) is 37.0 Å². The topological polar surface area (TPSA) is 72.7 Å². The molecule has 1 aromatic carbocycles. The SMILES string of the molecule is Cc1nccc(-c2ccccc2)c1C(=O)NCc1nncn1C1CCCCC1. The van der Waals surface area contributed by atoms with Crippen LogP contribution in [0.15, 0.2) is 48.9 Å². The van der Waals surface area contributed by atoms with Gasteiger partial charge in [0.2, 0.25) is 0 Å². The van der Waals surface area contributed by atoms with Gasteiger partial charge in [0.05, 0.1) is 17.8 Å². The fraction of sp³-hybridized carbons (Fsp3) is 0.364. The molecule has 6 heteroatoms. The van der Waals surface area contributed by atoms with Crippen molar-refractivity contribution < 1.29 is 4.79 Å². The molecule has 1 N–H and O–H groups in total. The molecule has 0 bridgehead atoms. The van der Waals surface area contributed by atoms with Crippen molar-refractivity contribution in [1.82, 2.24) is 25.1 Å². The summed E-state index contributed by atoms with van der Waals surface area (Å²) in [6.07, 6.45) is 9.62. The first-order valence-corrected chi connectivity index (χ1v) is 9.91. The third kappa shape index (κ3) is 3.81. The highest BCUT2D eigenvalue weighted by Crippen LogP contribution is 2.29. The third-order valence-electron chi connectivity index (χ3n) is 5.47. The molecule has 1 amide bonds. The van der Waals surface area contributed by atoms with Crippen LogP contribution in [0.3, 0.4) is 0 Å². The zero-order valence-electron chi connectivity index (χ0n) is 16.1. The van der Waals surface area contributed by atoms with E-state index in [0.717, 1.165) is 29.8 Å². The number of rotatable bonds is 5. The first kappa shape index (κ1) is 18.3. The lowest BCUT2D eigenvalue weighted by Gasteiger charge is -2.24. The summed E-state index contributed by atoms with van der Waals surface area (Å²) in [7, 11) is 0. The smallest absolute Gasteiger partial charge is 0.254 e. The van der Waals surface area contributed by atoms with Crippen molar-refractivity contribution in [2.24, 2.45) is 0 Å². The van der Waals surface area contributed by atoms with Crippen molar-refractivity contribution in [3.8, 4) is 11.1 Å². The minimum atomic E-state index is -0.136. The van der Waals surface area contributed by atoms with Crippen molar-refractivity contribution >= 4 is 5.91 Å². The molecule has 0 radical (unpaired) electrons. The second kappa shape index (κ2) is 8.33. The molecule has 1 fully saturated rings. The highest BCUT2D eigenvalue weighted by Gasteiger charge is 2.20. The second-order valence-corrected chi connectivity index (χ2v) is 7.31. The molecule has 144 valence electrons. The van der Waals surface area contributed by atoms with Crippen molar-refractivity contribution in [3.63, 3.8) is 0 Å². The Morgan fingerprint density at radius 1 is 1.14 bits per heavy atom. The van der Waals surface area contributed by atoms with Gasteiger partial charge in [-0.2, -0.15) is 0 Å². The molecule has 0 saturated heterocycles. The summed E-state index contributed by atoms with van der Waals surface area (Å²) in [5.41, 5.74) is 3.22. The number of nitrogens with one attached hydrogen (secondary N) is 1. The monoisotopic (exact) mass is 375 g/mol. The number of nitrogens with zero attached hydrogens (tertiary/aromatic N) is 4. The highest BCUT2D eigenvalue weighted by molar-refractivity contribution is 6.01. The van der Waals surface area contributed by atoms with Gasteiger partial charge >= 0.3 is 0 Å². The second-order valence-electron chi connectivity index (χ2n) is 7.31. The molecule has 28 heavy (non-hydrogen) atoms. The number of aromatic nitrogens is 4. The quantitative estimate of drug-likeness (QED) is 0.729. The van der Waals surface area contributed by atoms with Gasteiger partial charge in [0.1, 0.15) is 6.33 Å². The van der Waals surface area contributed by atoms with Crippen molar-refractivity contribution in [2.45, 2.75) is 51.6 Å². The molecule has 1 aliphatic rings. The van der Waals surface area contributed by atoms with E-state index in [1.165, 1.54) is 19.3 Å². The average Bonchev–Trinajstić information content (AvgIpc) is 3.22. The van der Waals surface area contributed by atoms with E-state index in [-0.39, 0.29) is 5.91 Å². The molecule has 2 aromatic heterocycles. The van der Waals surface area contributed by atoms with Gasteiger partial charge in [0.25, 0.3) is 5.91 Å². The van der Waals surface area contributed by atoms with Gasteiger partial charge < -0.3 is 9.88 Å². The molecule has 6 nitrogen and oxygen atoms in total. The number of pyridine rings is 1. The summed E-state index contributed by atoms with van der Waals surface area (Å²) >= 11 is 0. The number of amides is 1. The van der Waals surface area contributed by atoms with Crippen molar-refractivity contribution in [3.05, 3.63) is 66.0 Å². The van der Waals surface area contributed by atoms with E-state index < -0.39 is 0 Å². The molecular formula is C22H25N5O. The first-order chi connectivity index (χ1) is 13.7.